The van der Waals surface area contributed by atoms with Crippen LogP contribution >= 0.6 is 11.8 Å². The van der Waals surface area contributed by atoms with Crippen molar-refractivity contribution in [2.24, 2.45) is 0 Å². The van der Waals surface area contributed by atoms with Crippen molar-refractivity contribution in [3.05, 3.63) is 29.6 Å². The Morgan fingerprint density at radius 3 is 2.91 bits per heavy atom. The number of hydrogen-bond donors (Lipinski definition) is 0. The van der Waals surface area contributed by atoms with Gasteiger partial charge in [-0.2, -0.15) is 0 Å². The molecule has 0 amide bonds. The molecule has 0 saturated carbocycles. The fourth-order valence-corrected chi connectivity index (χ4v) is 1.15. The van der Waals surface area contributed by atoms with E-state index in [4.69, 9.17) is 0 Å². The number of aromatic nitrogens is 1. The van der Waals surface area contributed by atoms with Crippen molar-refractivity contribution >= 4 is 16.9 Å². The molecule has 0 saturated heterocycles. The molecule has 0 aliphatic rings. The number of rotatable bonds is 1. The molecule has 0 unspecified atom stereocenters. The van der Waals surface area contributed by atoms with Gasteiger partial charge in [0.15, 0.2) is 0 Å². The predicted octanol–water partition coefficient (Wildman–Crippen LogP) is 1.89. The molecule has 0 fully saturated rings. The molecule has 0 radical (unpaired) electrons. The van der Waals surface area contributed by atoms with Crippen molar-refractivity contribution in [2.45, 2.75) is 6.92 Å². The highest BCUT2D eigenvalue weighted by atomic mass is 32.2. The number of thioether (sulfide) groups is 1. The van der Waals surface area contributed by atoms with Crippen LogP contribution < -0.4 is 0 Å². The fraction of sp³-hybridized carbons (Fsp3) is 0.250. The van der Waals surface area contributed by atoms with Gasteiger partial charge in [0.25, 0.3) is 0 Å². The molecule has 2 nitrogen and oxygen atoms in total. The molecule has 58 valence electrons. The van der Waals surface area contributed by atoms with E-state index in [1.165, 1.54) is 11.8 Å². The van der Waals surface area contributed by atoms with Crippen molar-refractivity contribution < 1.29 is 4.79 Å². The van der Waals surface area contributed by atoms with Crippen molar-refractivity contribution in [1.82, 2.24) is 4.98 Å². The summed E-state index contributed by atoms with van der Waals surface area (Å²) in [7, 11) is 0. The van der Waals surface area contributed by atoms with Gasteiger partial charge < -0.3 is 0 Å². The standard InChI is InChI=1S/C8H9NOS/c1-6-5-7(3-4-9-6)8(10)11-2/h3-5H,1-2H3. The van der Waals surface area contributed by atoms with Crippen LogP contribution in [0.5, 0.6) is 0 Å². The monoisotopic (exact) mass is 167 g/mol. The Bertz CT molecular complexity index is 273. The molecule has 0 atom stereocenters. The second-order valence-corrected chi connectivity index (χ2v) is 2.96. The lowest BCUT2D eigenvalue weighted by atomic mass is 10.2. The maximum atomic E-state index is 11.1. The van der Waals surface area contributed by atoms with Crippen LogP contribution in [-0.2, 0) is 0 Å². The third kappa shape index (κ3) is 2.05. The second kappa shape index (κ2) is 3.53. The van der Waals surface area contributed by atoms with Crippen LogP contribution in [0.25, 0.3) is 0 Å². The molecular formula is C8H9NOS. The summed E-state index contributed by atoms with van der Waals surface area (Å²) in [6.45, 7) is 1.87. The van der Waals surface area contributed by atoms with E-state index in [0.717, 1.165) is 11.3 Å². The topological polar surface area (TPSA) is 30.0 Å². The molecular weight excluding hydrogens is 158 g/mol. The van der Waals surface area contributed by atoms with E-state index < -0.39 is 0 Å². The Hall–Kier alpha value is -0.830. The summed E-state index contributed by atoms with van der Waals surface area (Å²) < 4.78 is 0. The average Bonchev–Trinajstić information content (AvgIpc) is 2.03. The highest BCUT2D eigenvalue weighted by Crippen LogP contribution is 2.08. The number of pyridine rings is 1. The molecule has 0 aliphatic carbocycles. The summed E-state index contributed by atoms with van der Waals surface area (Å²) in [6.07, 6.45) is 3.43. The van der Waals surface area contributed by atoms with Gasteiger partial charge in [0, 0.05) is 17.5 Å². The summed E-state index contributed by atoms with van der Waals surface area (Å²) in [5.74, 6) is 0. The van der Waals surface area contributed by atoms with Crippen molar-refractivity contribution in [1.29, 1.82) is 0 Å². The third-order valence-electron chi connectivity index (χ3n) is 1.32. The SMILES string of the molecule is CSC(=O)c1ccnc(C)c1. The van der Waals surface area contributed by atoms with Gasteiger partial charge >= 0.3 is 0 Å². The van der Waals surface area contributed by atoms with Crippen LogP contribution in [0.1, 0.15) is 16.1 Å². The van der Waals surface area contributed by atoms with Crippen molar-refractivity contribution in [3.63, 3.8) is 0 Å². The van der Waals surface area contributed by atoms with Crippen LogP contribution in [0.3, 0.4) is 0 Å². The Labute approximate surface area is 70.0 Å². The van der Waals surface area contributed by atoms with Gasteiger partial charge in [-0.05, 0) is 25.3 Å². The Kier molecular flexibility index (Phi) is 2.65. The summed E-state index contributed by atoms with van der Waals surface area (Å²) in [6, 6.07) is 3.52. The average molecular weight is 167 g/mol. The third-order valence-corrected chi connectivity index (χ3v) is 1.92. The zero-order valence-electron chi connectivity index (χ0n) is 6.50. The van der Waals surface area contributed by atoms with Gasteiger partial charge in [0.2, 0.25) is 5.12 Å². The lowest BCUT2D eigenvalue weighted by molar-refractivity contribution is 0.108. The van der Waals surface area contributed by atoms with Crippen LogP contribution in [0.4, 0.5) is 0 Å². The van der Waals surface area contributed by atoms with E-state index in [2.05, 4.69) is 4.98 Å². The first-order chi connectivity index (χ1) is 5.24. The summed E-state index contributed by atoms with van der Waals surface area (Å²) in [5, 5.41) is 0.0931. The van der Waals surface area contributed by atoms with Crippen LogP contribution in [0.2, 0.25) is 0 Å². The fourth-order valence-electron chi connectivity index (χ4n) is 0.790. The number of nitrogens with zero attached hydrogens (tertiary/aromatic N) is 1. The second-order valence-electron chi connectivity index (χ2n) is 2.18. The molecule has 1 rings (SSSR count). The largest absolute Gasteiger partial charge is 0.282 e. The van der Waals surface area contributed by atoms with E-state index in [9.17, 15) is 4.79 Å². The summed E-state index contributed by atoms with van der Waals surface area (Å²) in [4.78, 5) is 15.1. The molecule has 0 aromatic carbocycles. The Morgan fingerprint density at radius 1 is 1.64 bits per heavy atom. The molecule has 1 heterocycles. The molecule has 3 heteroatoms. The molecule has 0 spiro atoms. The van der Waals surface area contributed by atoms with E-state index >= 15 is 0 Å². The predicted molar refractivity (Wildman–Crippen MR) is 46.8 cm³/mol. The first-order valence-corrected chi connectivity index (χ1v) is 4.47. The van der Waals surface area contributed by atoms with E-state index in [0.29, 0.717) is 0 Å². The maximum Gasteiger partial charge on any atom is 0.219 e. The molecule has 11 heavy (non-hydrogen) atoms. The molecule has 0 aliphatic heterocycles. The minimum Gasteiger partial charge on any atom is -0.282 e. The normalized spacial score (nSPS) is 9.64. The molecule has 0 N–H and O–H groups in total. The number of hydrogen-bond acceptors (Lipinski definition) is 3. The number of carbonyl (C=O) groups excluding carboxylic acids is 1. The lowest BCUT2D eigenvalue weighted by Crippen LogP contribution is -1.93. The maximum absolute atomic E-state index is 11.1. The van der Waals surface area contributed by atoms with Gasteiger partial charge in [0.1, 0.15) is 0 Å². The Morgan fingerprint density at radius 2 is 2.36 bits per heavy atom. The highest BCUT2D eigenvalue weighted by Gasteiger charge is 2.02. The van der Waals surface area contributed by atoms with E-state index in [1.807, 2.05) is 6.92 Å². The molecule has 0 bridgehead atoms. The van der Waals surface area contributed by atoms with Crippen molar-refractivity contribution in [3.8, 4) is 0 Å². The van der Waals surface area contributed by atoms with Gasteiger partial charge in [-0.25, -0.2) is 0 Å². The first kappa shape index (κ1) is 8.27. The highest BCUT2D eigenvalue weighted by molar-refractivity contribution is 8.13. The quantitative estimate of drug-likeness (QED) is 0.639. The molecule has 1 aromatic heterocycles. The van der Waals surface area contributed by atoms with Crippen LogP contribution in [0.15, 0.2) is 18.3 Å². The zero-order chi connectivity index (χ0) is 8.27. The number of aryl methyl sites for hydroxylation is 1. The first-order valence-electron chi connectivity index (χ1n) is 3.25. The summed E-state index contributed by atoms with van der Waals surface area (Å²) in [5.41, 5.74) is 1.61. The smallest absolute Gasteiger partial charge is 0.219 e. The summed E-state index contributed by atoms with van der Waals surface area (Å²) >= 11 is 1.22. The zero-order valence-corrected chi connectivity index (χ0v) is 7.31. The van der Waals surface area contributed by atoms with Crippen molar-refractivity contribution in [2.75, 3.05) is 6.26 Å². The minimum atomic E-state index is 0.0931. The van der Waals surface area contributed by atoms with Crippen LogP contribution in [-0.4, -0.2) is 16.4 Å². The molecule has 1 aromatic rings. The lowest BCUT2D eigenvalue weighted by Gasteiger charge is -1.96. The van der Waals surface area contributed by atoms with Gasteiger partial charge in [-0.3, -0.25) is 9.78 Å². The van der Waals surface area contributed by atoms with E-state index in [1.54, 1.807) is 24.6 Å². The van der Waals surface area contributed by atoms with Gasteiger partial charge in [-0.15, -0.1) is 0 Å². The Balaban J connectivity index is 2.96. The number of carbonyl (C=O) groups is 1. The minimum absolute atomic E-state index is 0.0931. The van der Waals surface area contributed by atoms with Crippen LogP contribution in [0, 0.1) is 6.92 Å². The van der Waals surface area contributed by atoms with E-state index in [-0.39, 0.29) is 5.12 Å². The van der Waals surface area contributed by atoms with Gasteiger partial charge in [-0.1, -0.05) is 11.8 Å². The van der Waals surface area contributed by atoms with Gasteiger partial charge in [0.05, 0.1) is 0 Å².